The third-order valence-corrected chi connectivity index (χ3v) is 6.57. The van der Waals surface area contributed by atoms with E-state index in [9.17, 15) is 8.42 Å². The van der Waals surface area contributed by atoms with E-state index in [1.807, 2.05) is 18.2 Å². The van der Waals surface area contributed by atoms with Crippen molar-refractivity contribution in [1.29, 1.82) is 0 Å². The molecule has 6 heteroatoms. The first-order valence-corrected chi connectivity index (χ1v) is 8.31. The van der Waals surface area contributed by atoms with Crippen LogP contribution in [0.4, 0.5) is 5.69 Å². The third kappa shape index (κ3) is 2.16. The predicted molar refractivity (Wildman–Crippen MR) is 76.5 cm³/mol. The zero-order chi connectivity index (χ0) is 13.5. The van der Waals surface area contributed by atoms with Gasteiger partial charge in [0.15, 0.2) is 0 Å². The smallest absolute Gasteiger partial charge is 0.252 e. The van der Waals surface area contributed by atoms with E-state index in [4.69, 9.17) is 5.73 Å². The minimum Gasteiger partial charge on any atom is -0.398 e. The van der Waals surface area contributed by atoms with Gasteiger partial charge in [-0.05, 0) is 35.1 Å². The first kappa shape index (κ1) is 12.7. The van der Waals surface area contributed by atoms with Gasteiger partial charge in [-0.1, -0.05) is 18.2 Å². The highest BCUT2D eigenvalue weighted by molar-refractivity contribution is 7.91. The zero-order valence-electron chi connectivity index (χ0n) is 10.2. The third-order valence-electron chi connectivity index (χ3n) is 3.36. The summed E-state index contributed by atoms with van der Waals surface area (Å²) >= 11 is 1.25. The first-order chi connectivity index (χ1) is 9.09. The van der Waals surface area contributed by atoms with E-state index in [0.717, 1.165) is 16.8 Å². The van der Waals surface area contributed by atoms with Crippen molar-refractivity contribution in [3.8, 4) is 0 Å². The lowest BCUT2D eigenvalue weighted by Gasteiger charge is -2.28. The summed E-state index contributed by atoms with van der Waals surface area (Å²) in [7, 11) is -3.36. The number of hydrogen-bond acceptors (Lipinski definition) is 4. The van der Waals surface area contributed by atoms with Crippen molar-refractivity contribution in [2.45, 2.75) is 17.2 Å². The lowest BCUT2D eigenvalue weighted by molar-refractivity contribution is 0.393. The highest BCUT2D eigenvalue weighted by Crippen LogP contribution is 2.29. The summed E-state index contributed by atoms with van der Waals surface area (Å²) in [5.41, 5.74) is 8.77. The van der Waals surface area contributed by atoms with Gasteiger partial charge in [0.2, 0.25) is 0 Å². The molecule has 1 aromatic heterocycles. The quantitative estimate of drug-likeness (QED) is 0.863. The molecule has 0 fully saturated rings. The van der Waals surface area contributed by atoms with Gasteiger partial charge in [-0.2, -0.15) is 4.31 Å². The van der Waals surface area contributed by atoms with E-state index >= 15 is 0 Å². The number of anilines is 1. The standard InChI is InChI=1S/C13H14N2O2S2/c14-12-4-1-3-10-9-15(7-6-11(10)12)19(16,17)13-5-2-8-18-13/h1-5,8H,6-7,9,14H2. The van der Waals surface area contributed by atoms with Crippen LogP contribution in [0.5, 0.6) is 0 Å². The van der Waals surface area contributed by atoms with Gasteiger partial charge in [-0.25, -0.2) is 8.42 Å². The minimum atomic E-state index is -3.36. The van der Waals surface area contributed by atoms with Crippen molar-refractivity contribution in [2.75, 3.05) is 12.3 Å². The lowest BCUT2D eigenvalue weighted by atomic mass is 9.99. The van der Waals surface area contributed by atoms with E-state index in [-0.39, 0.29) is 0 Å². The average molecular weight is 294 g/mol. The molecule has 1 aromatic carbocycles. The fourth-order valence-electron chi connectivity index (χ4n) is 2.36. The second-order valence-corrected chi connectivity index (χ2v) is 7.62. The van der Waals surface area contributed by atoms with Crippen LogP contribution < -0.4 is 5.73 Å². The van der Waals surface area contributed by atoms with Gasteiger partial charge in [0, 0.05) is 18.8 Å². The van der Waals surface area contributed by atoms with E-state index in [1.165, 1.54) is 15.6 Å². The second kappa shape index (κ2) is 4.63. The Morgan fingerprint density at radius 1 is 1.21 bits per heavy atom. The molecular formula is C13H14N2O2S2. The van der Waals surface area contributed by atoms with E-state index in [0.29, 0.717) is 23.7 Å². The molecular weight excluding hydrogens is 280 g/mol. The Labute approximate surface area is 116 Å². The van der Waals surface area contributed by atoms with Crippen LogP contribution in [0, 0.1) is 0 Å². The summed E-state index contributed by atoms with van der Waals surface area (Å²) < 4.78 is 26.8. The number of fused-ring (bicyclic) bond motifs is 1. The van der Waals surface area contributed by atoms with Crippen molar-refractivity contribution in [3.63, 3.8) is 0 Å². The Kier molecular flexibility index (Phi) is 3.08. The monoisotopic (exact) mass is 294 g/mol. The van der Waals surface area contributed by atoms with Gasteiger partial charge in [-0.3, -0.25) is 0 Å². The van der Waals surface area contributed by atoms with Crippen LogP contribution >= 0.6 is 11.3 Å². The number of thiophene rings is 1. The van der Waals surface area contributed by atoms with Gasteiger partial charge in [0.05, 0.1) is 0 Å². The number of nitrogens with two attached hydrogens (primary N) is 1. The molecule has 1 aliphatic heterocycles. The molecule has 0 atom stereocenters. The van der Waals surface area contributed by atoms with Gasteiger partial charge in [0.25, 0.3) is 10.0 Å². The maximum Gasteiger partial charge on any atom is 0.252 e. The maximum absolute atomic E-state index is 12.4. The van der Waals surface area contributed by atoms with Crippen LogP contribution in [0.25, 0.3) is 0 Å². The summed E-state index contributed by atoms with van der Waals surface area (Å²) in [6.45, 7) is 0.891. The van der Waals surface area contributed by atoms with Crippen LogP contribution in [-0.2, 0) is 23.0 Å². The van der Waals surface area contributed by atoms with Crippen molar-refractivity contribution < 1.29 is 8.42 Å². The summed E-state index contributed by atoms with van der Waals surface area (Å²) in [6.07, 6.45) is 0.673. The Bertz CT molecular complexity index is 693. The molecule has 19 heavy (non-hydrogen) atoms. The van der Waals surface area contributed by atoms with E-state index < -0.39 is 10.0 Å². The molecule has 2 aromatic rings. The Balaban J connectivity index is 1.95. The second-order valence-electron chi connectivity index (χ2n) is 4.51. The average Bonchev–Trinajstić information content (AvgIpc) is 2.93. The molecule has 0 saturated heterocycles. The number of benzene rings is 1. The molecule has 0 aliphatic carbocycles. The Morgan fingerprint density at radius 3 is 2.79 bits per heavy atom. The topological polar surface area (TPSA) is 63.4 Å². The van der Waals surface area contributed by atoms with Gasteiger partial charge >= 0.3 is 0 Å². The molecule has 2 N–H and O–H groups in total. The summed E-state index contributed by atoms with van der Waals surface area (Å²) in [5, 5.41) is 1.78. The number of sulfonamides is 1. The van der Waals surface area contributed by atoms with Crippen LogP contribution in [-0.4, -0.2) is 19.3 Å². The normalized spacial score (nSPS) is 16.2. The predicted octanol–water partition coefficient (Wildman–Crippen LogP) is 2.08. The lowest BCUT2D eigenvalue weighted by Crippen LogP contribution is -2.35. The van der Waals surface area contributed by atoms with Gasteiger partial charge < -0.3 is 5.73 Å². The number of nitrogen functional groups attached to an aromatic ring is 1. The molecule has 3 rings (SSSR count). The molecule has 4 nitrogen and oxygen atoms in total. The molecule has 0 bridgehead atoms. The SMILES string of the molecule is Nc1cccc2c1CCN(S(=O)(=O)c1cccs1)C2. The molecule has 100 valence electrons. The Morgan fingerprint density at radius 2 is 2.05 bits per heavy atom. The summed E-state index contributed by atoms with van der Waals surface area (Å²) in [5.74, 6) is 0. The molecule has 2 heterocycles. The van der Waals surface area contributed by atoms with Gasteiger partial charge in [-0.15, -0.1) is 11.3 Å². The fraction of sp³-hybridized carbons (Fsp3) is 0.231. The maximum atomic E-state index is 12.4. The van der Waals surface area contributed by atoms with Crippen LogP contribution in [0.1, 0.15) is 11.1 Å². The fourth-order valence-corrected chi connectivity index (χ4v) is 4.92. The minimum absolute atomic E-state index is 0.403. The molecule has 0 amide bonds. The highest BCUT2D eigenvalue weighted by atomic mass is 32.2. The van der Waals surface area contributed by atoms with E-state index in [2.05, 4.69) is 0 Å². The highest BCUT2D eigenvalue weighted by Gasteiger charge is 2.29. The Hall–Kier alpha value is -1.37. The molecule has 0 saturated carbocycles. The van der Waals surface area contributed by atoms with Crippen molar-refractivity contribution in [3.05, 3.63) is 46.8 Å². The molecule has 1 aliphatic rings. The van der Waals surface area contributed by atoms with Crippen LogP contribution in [0.15, 0.2) is 39.9 Å². The first-order valence-electron chi connectivity index (χ1n) is 5.99. The van der Waals surface area contributed by atoms with Crippen LogP contribution in [0.2, 0.25) is 0 Å². The number of nitrogens with zero attached hydrogens (tertiary/aromatic N) is 1. The van der Waals surface area contributed by atoms with Crippen molar-refractivity contribution >= 4 is 27.0 Å². The van der Waals surface area contributed by atoms with Crippen molar-refractivity contribution in [1.82, 2.24) is 4.31 Å². The molecule has 0 unspecified atom stereocenters. The zero-order valence-corrected chi connectivity index (χ0v) is 11.9. The van der Waals surface area contributed by atoms with Gasteiger partial charge in [0.1, 0.15) is 4.21 Å². The largest absolute Gasteiger partial charge is 0.398 e. The van der Waals surface area contributed by atoms with E-state index in [1.54, 1.807) is 17.5 Å². The molecule has 0 spiro atoms. The summed E-state index contributed by atoms with van der Waals surface area (Å²) in [4.78, 5) is 0. The number of hydrogen-bond donors (Lipinski definition) is 1. The molecule has 0 radical (unpaired) electrons. The number of rotatable bonds is 2. The van der Waals surface area contributed by atoms with Crippen LogP contribution in [0.3, 0.4) is 0 Å². The van der Waals surface area contributed by atoms with Crippen molar-refractivity contribution in [2.24, 2.45) is 0 Å². The summed E-state index contributed by atoms with van der Waals surface area (Å²) in [6, 6.07) is 9.09.